The maximum atomic E-state index is 6.38. The zero-order valence-electron chi connectivity index (χ0n) is 13.1. The molecule has 1 saturated carbocycles. The molecule has 0 radical (unpaired) electrons. The van der Waals surface area contributed by atoms with Crippen molar-refractivity contribution in [2.45, 2.75) is 70.5 Å². The van der Waals surface area contributed by atoms with E-state index in [1.165, 1.54) is 58.2 Å². The van der Waals surface area contributed by atoms with Crippen molar-refractivity contribution in [3.8, 4) is 0 Å². The summed E-state index contributed by atoms with van der Waals surface area (Å²) in [6.07, 6.45) is 7.94. The standard InChI is InChI=1S/C16H33N3/c1-4-13-8-9-15(17)16(11-13)18(3)12-14-7-6-10-19(14)5-2/h13-16H,4-12,17H2,1-3H3. The lowest BCUT2D eigenvalue weighted by Crippen LogP contribution is -2.52. The van der Waals surface area contributed by atoms with E-state index < -0.39 is 0 Å². The monoisotopic (exact) mass is 267 g/mol. The van der Waals surface area contributed by atoms with Crippen LogP contribution in [-0.2, 0) is 0 Å². The van der Waals surface area contributed by atoms with Crippen LogP contribution in [0.2, 0.25) is 0 Å². The maximum absolute atomic E-state index is 6.38. The van der Waals surface area contributed by atoms with Gasteiger partial charge in [-0.3, -0.25) is 4.90 Å². The fourth-order valence-electron chi connectivity index (χ4n) is 4.12. The van der Waals surface area contributed by atoms with E-state index in [1.807, 2.05) is 0 Å². The third-order valence-corrected chi connectivity index (χ3v) is 5.52. The SMILES string of the molecule is CCC1CCC(N)C(N(C)CC2CCCN2CC)C1. The molecule has 2 aliphatic rings. The highest BCUT2D eigenvalue weighted by atomic mass is 15.2. The van der Waals surface area contributed by atoms with Crippen LogP contribution >= 0.6 is 0 Å². The highest BCUT2D eigenvalue weighted by molar-refractivity contribution is 4.90. The number of likely N-dealkylation sites (tertiary alicyclic amines) is 1. The van der Waals surface area contributed by atoms with Crippen molar-refractivity contribution in [2.75, 3.05) is 26.7 Å². The van der Waals surface area contributed by atoms with Gasteiger partial charge in [0.2, 0.25) is 0 Å². The van der Waals surface area contributed by atoms with Crippen LogP contribution < -0.4 is 5.73 Å². The number of rotatable bonds is 5. The third-order valence-electron chi connectivity index (χ3n) is 5.52. The van der Waals surface area contributed by atoms with E-state index in [1.54, 1.807) is 0 Å². The normalized spacial score (nSPS) is 37.1. The first-order valence-corrected chi connectivity index (χ1v) is 8.35. The average Bonchev–Trinajstić information content (AvgIpc) is 2.86. The van der Waals surface area contributed by atoms with Gasteiger partial charge >= 0.3 is 0 Å². The first kappa shape index (κ1) is 15.3. The van der Waals surface area contributed by atoms with Gasteiger partial charge in [-0.25, -0.2) is 0 Å². The molecular formula is C16H33N3. The van der Waals surface area contributed by atoms with E-state index in [4.69, 9.17) is 5.73 Å². The summed E-state index contributed by atoms with van der Waals surface area (Å²) >= 11 is 0. The van der Waals surface area contributed by atoms with E-state index in [2.05, 4.69) is 30.7 Å². The lowest BCUT2D eigenvalue weighted by Gasteiger charge is -2.41. The first-order chi connectivity index (χ1) is 9.15. The van der Waals surface area contributed by atoms with Gasteiger partial charge in [-0.15, -0.1) is 0 Å². The second-order valence-corrected chi connectivity index (χ2v) is 6.68. The van der Waals surface area contributed by atoms with Crippen LogP contribution in [0.3, 0.4) is 0 Å². The van der Waals surface area contributed by atoms with Gasteiger partial charge in [0.1, 0.15) is 0 Å². The minimum atomic E-state index is 0.393. The van der Waals surface area contributed by atoms with Gasteiger partial charge in [-0.1, -0.05) is 20.3 Å². The Balaban J connectivity index is 1.88. The van der Waals surface area contributed by atoms with E-state index in [0.29, 0.717) is 12.1 Å². The van der Waals surface area contributed by atoms with Crippen molar-refractivity contribution in [1.29, 1.82) is 0 Å². The molecule has 1 heterocycles. The van der Waals surface area contributed by atoms with Crippen molar-refractivity contribution in [1.82, 2.24) is 9.80 Å². The lowest BCUT2D eigenvalue weighted by atomic mass is 9.80. The number of hydrogen-bond acceptors (Lipinski definition) is 3. The number of hydrogen-bond donors (Lipinski definition) is 1. The Labute approximate surface area is 119 Å². The quantitative estimate of drug-likeness (QED) is 0.829. The Hall–Kier alpha value is -0.120. The zero-order chi connectivity index (χ0) is 13.8. The number of likely N-dealkylation sites (N-methyl/N-ethyl adjacent to an activating group) is 2. The Morgan fingerprint density at radius 2 is 2.00 bits per heavy atom. The van der Waals surface area contributed by atoms with Gasteiger partial charge in [-0.2, -0.15) is 0 Å². The molecule has 3 heteroatoms. The predicted molar refractivity (Wildman–Crippen MR) is 82.3 cm³/mol. The highest BCUT2D eigenvalue weighted by Crippen LogP contribution is 2.29. The van der Waals surface area contributed by atoms with E-state index >= 15 is 0 Å². The van der Waals surface area contributed by atoms with Gasteiger partial charge in [0, 0.05) is 24.7 Å². The predicted octanol–water partition coefficient (Wildman–Crippen LogP) is 2.31. The van der Waals surface area contributed by atoms with Crippen LogP contribution in [0.15, 0.2) is 0 Å². The van der Waals surface area contributed by atoms with Crippen LogP contribution in [0, 0.1) is 5.92 Å². The van der Waals surface area contributed by atoms with Crippen molar-refractivity contribution < 1.29 is 0 Å². The Kier molecular flexibility index (Phi) is 5.67. The first-order valence-electron chi connectivity index (χ1n) is 8.35. The van der Waals surface area contributed by atoms with Gasteiger partial charge in [0.15, 0.2) is 0 Å². The van der Waals surface area contributed by atoms with Crippen LogP contribution in [0.4, 0.5) is 0 Å². The molecule has 0 aromatic rings. The molecule has 4 atom stereocenters. The molecule has 2 N–H and O–H groups in total. The second kappa shape index (κ2) is 7.05. The Bertz CT molecular complexity index is 269. The van der Waals surface area contributed by atoms with Crippen molar-refractivity contribution in [2.24, 2.45) is 11.7 Å². The van der Waals surface area contributed by atoms with Crippen LogP contribution in [0.5, 0.6) is 0 Å². The summed E-state index contributed by atoms with van der Waals surface area (Å²) < 4.78 is 0. The molecule has 112 valence electrons. The molecular weight excluding hydrogens is 234 g/mol. The highest BCUT2D eigenvalue weighted by Gasteiger charge is 2.32. The van der Waals surface area contributed by atoms with Gasteiger partial charge in [0.05, 0.1) is 0 Å². The molecule has 1 saturated heterocycles. The molecule has 2 fully saturated rings. The molecule has 1 aliphatic heterocycles. The van der Waals surface area contributed by atoms with E-state index in [0.717, 1.165) is 12.0 Å². The lowest BCUT2D eigenvalue weighted by molar-refractivity contribution is 0.105. The molecule has 19 heavy (non-hydrogen) atoms. The topological polar surface area (TPSA) is 32.5 Å². The van der Waals surface area contributed by atoms with Crippen LogP contribution in [0.1, 0.15) is 52.4 Å². The van der Waals surface area contributed by atoms with Gasteiger partial charge in [-0.05, 0) is 58.2 Å². The average molecular weight is 267 g/mol. The van der Waals surface area contributed by atoms with E-state index in [-0.39, 0.29) is 0 Å². The molecule has 0 aromatic carbocycles. The number of nitrogens with two attached hydrogens (primary N) is 1. The molecule has 0 bridgehead atoms. The van der Waals surface area contributed by atoms with Gasteiger partial charge < -0.3 is 10.6 Å². The summed E-state index contributed by atoms with van der Waals surface area (Å²) in [6.45, 7) is 8.32. The zero-order valence-corrected chi connectivity index (χ0v) is 13.1. The third kappa shape index (κ3) is 3.71. The molecule has 0 amide bonds. The number of nitrogens with zero attached hydrogens (tertiary/aromatic N) is 2. The van der Waals surface area contributed by atoms with Gasteiger partial charge in [0.25, 0.3) is 0 Å². The summed E-state index contributed by atoms with van der Waals surface area (Å²) in [5.41, 5.74) is 6.38. The van der Waals surface area contributed by atoms with Crippen molar-refractivity contribution in [3.63, 3.8) is 0 Å². The van der Waals surface area contributed by atoms with Crippen LogP contribution in [-0.4, -0.2) is 54.6 Å². The summed E-state index contributed by atoms with van der Waals surface area (Å²) in [7, 11) is 2.30. The minimum Gasteiger partial charge on any atom is -0.326 e. The molecule has 4 unspecified atom stereocenters. The molecule has 1 aliphatic carbocycles. The van der Waals surface area contributed by atoms with Crippen LogP contribution in [0.25, 0.3) is 0 Å². The Morgan fingerprint density at radius 1 is 1.21 bits per heavy atom. The largest absolute Gasteiger partial charge is 0.326 e. The fourth-order valence-corrected chi connectivity index (χ4v) is 4.12. The van der Waals surface area contributed by atoms with Crippen molar-refractivity contribution >= 4 is 0 Å². The maximum Gasteiger partial charge on any atom is 0.0247 e. The van der Waals surface area contributed by atoms with E-state index in [9.17, 15) is 0 Å². The smallest absolute Gasteiger partial charge is 0.0247 e. The summed E-state index contributed by atoms with van der Waals surface area (Å²) in [4.78, 5) is 5.22. The molecule has 0 aromatic heterocycles. The summed E-state index contributed by atoms with van der Waals surface area (Å²) in [5.74, 6) is 0.901. The molecule has 2 rings (SSSR count). The molecule has 3 nitrogen and oxygen atoms in total. The fraction of sp³-hybridized carbons (Fsp3) is 1.00. The minimum absolute atomic E-state index is 0.393. The Morgan fingerprint density at radius 3 is 2.68 bits per heavy atom. The molecule has 0 spiro atoms. The van der Waals surface area contributed by atoms with Crippen molar-refractivity contribution in [3.05, 3.63) is 0 Å². The summed E-state index contributed by atoms with van der Waals surface area (Å²) in [5, 5.41) is 0. The second-order valence-electron chi connectivity index (χ2n) is 6.68. The summed E-state index contributed by atoms with van der Waals surface area (Å²) in [6, 6.07) is 1.77.